The predicted molar refractivity (Wildman–Crippen MR) is 55.9 cm³/mol. The van der Waals surface area contributed by atoms with Crippen molar-refractivity contribution in [2.75, 3.05) is 0 Å². The van der Waals surface area contributed by atoms with Crippen molar-refractivity contribution in [2.24, 2.45) is 5.92 Å². The molecule has 0 heteroatoms. The van der Waals surface area contributed by atoms with Gasteiger partial charge < -0.3 is 0 Å². The number of rotatable bonds is 5. The zero-order valence-corrected chi connectivity index (χ0v) is 8.56. The molecule has 0 unspecified atom stereocenters. The fourth-order valence-corrected chi connectivity index (χ4v) is 1.13. The summed E-state index contributed by atoms with van der Waals surface area (Å²) in [6, 6.07) is 0. The van der Waals surface area contributed by atoms with E-state index >= 15 is 0 Å². The smallest absolute Gasteiger partial charge is 0.00885 e. The molecule has 12 heavy (non-hydrogen) atoms. The van der Waals surface area contributed by atoms with Gasteiger partial charge in [-0.15, -0.1) is 12.3 Å². The second kappa shape index (κ2) is 6.98. The first-order chi connectivity index (χ1) is 5.66. The van der Waals surface area contributed by atoms with Crippen LogP contribution in [0.5, 0.6) is 0 Å². The summed E-state index contributed by atoms with van der Waals surface area (Å²) in [5, 5.41) is 0. The van der Waals surface area contributed by atoms with Gasteiger partial charge in [-0.25, -0.2) is 0 Å². The van der Waals surface area contributed by atoms with Crippen LogP contribution in [0, 0.1) is 18.3 Å². The van der Waals surface area contributed by atoms with Crippen molar-refractivity contribution in [3.8, 4) is 12.3 Å². The quantitative estimate of drug-likeness (QED) is 0.428. The lowest BCUT2D eigenvalue weighted by molar-refractivity contribution is 0.504. The fourth-order valence-electron chi connectivity index (χ4n) is 1.13. The minimum atomic E-state index is 0.775. The zero-order chi connectivity index (χ0) is 9.40. The highest BCUT2D eigenvalue weighted by Crippen LogP contribution is 2.12. The van der Waals surface area contributed by atoms with Gasteiger partial charge in [-0.3, -0.25) is 0 Å². The van der Waals surface area contributed by atoms with Gasteiger partial charge in [0.25, 0.3) is 0 Å². The summed E-state index contributed by atoms with van der Waals surface area (Å²) in [5.74, 6) is 3.46. The van der Waals surface area contributed by atoms with Crippen LogP contribution in [0.4, 0.5) is 0 Å². The van der Waals surface area contributed by atoms with Gasteiger partial charge in [-0.05, 0) is 39.0 Å². The number of allylic oxidation sites excluding steroid dienone is 2. The third kappa shape index (κ3) is 7.41. The van der Waals surface area contributed by atoms with E-state index in [0.717, 1.165) is 12.3 Å². The Hall–Kier alpha value is -0.700. The van der Waals surface area contributed by atoms with Gasteiger partial charge in [0.2, 0.25) is 0 Å². The van der Waals surface area contributed by atoms with Crippen molar-refractivity contribution in [2.45, 2.75) is 46.5 Å². The van der Waals surface area contributed by atoms with Crippen molar-refractivity contribution >= 4 is 0 Å². The SMILES string of the molecule is C#CCC[C@H](C)CCC=C(C)C. The molecule has 0 bridgehead atoms. The number of hydrogen-bond acceptors (Lipinski definition) is 0. The van der Waals surface area contributed by atoms with Crippen LogP contribution < -0.4 is 0 Å². The van der Waals surface area contributed by atoms with E-state index in [0.29, 0.717) is 0 Å². The molecule has 0 aliphatic rings. The minimum Gasteiger partial charge on any atom is -0.120 e. The van der Waals surface area contributed by atoms with Gasteiger partial charge in [-0.2, -0.15) is 0 Å². The highest BCUT2D eigenvalue weighted by molar-refractivity contribution is 4.93. The summed E-state index contributed by atoms with van der Waals surface area (Å²) in [7, 11) is 0. The van der Waals surface area contributed by atoms with Crippen LogP contribution >= 0.6 is 0 Å². The number of terminal acetylenes is 1. The standard InChI is InChI=1S/C12H20/c1-5-6-9-12(4)10-7-8-11(2)3/h1,8,12H,6-7,9-10H2,2-4H3/t12-/m0/s1. The molecule has 0 radical (unpaired) electrons. The molecule has 0 saturated heterocycles. The van der Waals surface area contributed by atoms with Gasteiger partial charge in [0.1, 0.15) is 0 Å². The van der Waals surface area contributed by atoms with Crippen molar-refractivity contribution in [1.82, 2.24) is 0 Å². The summed E-state index contributed by atoms with van der Waals surface area (Å²) in [5.41, 5.74) is 1.42. The molecule has 68 valence electrons. The lowest BCUT2D eigenvalue weighted by Crippen LogP contribution is -1.92. The van der Waals surface area contributed by atoms with Crippen LogP contribution in [0.15, 0.2) is 11.6 Å². The number of hydrogen-bond donors (Lipinski definition) is 0. The van der Waals surface area contributed by atoms with Gasteiger partial charge in [0.15, 0.2) is 0 Å². The Bertz CT molecular complexity index is 165. The minimum absolute atomic E-state index is 0.775. The second-order valence-corrected chi connectivity index (χ2v) is 3.71. The van der Waals surface area contributed by atoms with E-state index in [-0.39, 0.29) is 0 Å². The zero-order valence-electron chi connectivity index (χ0n) is 8.56. The van der Waals surface area contributed by atoms with E-state index in [2.05, 4.69) is 32.8 Å². The third-order valence-electron chi connectivity index (χ3n) is 1.99. The molecule has 0 rings (SSSR count). The fraction of sp³-hybridized carbons (Fsp3) is 0.667. The summed E-state index contributed by atoms with van der Waals surface area (Å²) in [4.78, 5) is 0. The molecule has 0 amide bonds. The molecule has 0 saturated carbocycles. The maximum Gasteiger partial charge on any atom is 0.00885 e. The van der Waals surface area contributed by atoms with E-state index < -0.39 is 0 Å². The van der Waals surface area contributed by atoms with Gasteiger partial charge >= 0.3 is 0 Å². The lowest BCUT2D eigenvalue weighted by atomic mass is 9.99. The van der Waals surface area contributed by atoms with Crippen LogP contribution in [-0.4, -0.2) is 0 Å². The molecular formula is C12H20. The molecule has 0 nitrogen and oxygen atoms in total. The maximum atomic E-state index is 5.19. The lowest BCUT2D eigenvalue weighted by Gasteiger charge is -2.06. The Kier molecular flexibility index (Phi) is 6.57. The first-order valence-corrected chi connectivity index (χ1v) is 4.73. The Morgan fingerprint density at radius 2 is 2.08 bits per heavy atom. The third-order valence-corrected chi connectivity index (χ3v) is 1.99. The van der Waals surface area contributed by atoms with Crippen LogP contribution in [0.1, 0.15) is 46.5 Å². The summed E-state index contributed by atoms with van der Waals surface area (Å²) in [6.07, 6.45) is 12.1. The van der Waals surface area contributed by atoms with E-state index in [4.69, 9.17) is 6.42 Å². The average Bonchev–Trinajstić information content (AvgIpc) is 2.00. The molecular weight excluding hydrogens is 144 g/mol. The molecule has 0 aromatic rings. The Balaban J connectivity index is 3.39. The highest BCUT2D eigenvalue weighted by atomic mass is 14.0. The molecule has 0 fully saturated rings. The van der Waals surface area contributed by atoms with Crippen LogP contribution in [0.2, 0.25) is 0 Å². The molecule has 0 aromatic heterocycles. The topological polar surface area (TPSA) is 0 Å². The molecule has 1 atom stereocenters. The first kappa shape index (κ1) is 11.3. The molecule has 0 spiro atoms. The van der Waals surface area contributed by atoms with Gasteiger partial charge in [-0.1, -0.05) is 18.6 Å². The maximum absolute atomic E-state index is 5.19. The molecule has 0 aliphatic heterocycles. The predicted octanol–water partition coefficient (Wildman–Crippen LogP) is 3.78. The van der Waals surface area contributed by atoms with Crippen molar-refractivity contribution in [3.05, 3.63) is 11.6 Å². The Morgan fingerprint density at radius 3 is 2.58 bits per heavy atom. The van der Waals surface area contributed by atoms with E-state index in [1.807, 2.05) is 0 Å². The van der Waals surface area contributed by atoms with Crippen LogP contribution in [-0.2, 0) is 0 Å². The summed E-state index contributed by atoms with van der Waals surface area (Å²) >= 11 is 0. The Labute approximate surface area is 77.1 Å². The van der Waals surface area contributed by atoms with Crippen molar-refractivity contribution < 1.29 is 0 Å². The molecule has 0 N–H and O–H groups in total. The molecule has 0 aliphatic carbocycles. The summed E-state index contributed by atoms with van der Waals surface area (Å²) < 4.78 is 0. The first-order valence-electron chi connectivity index (χ1n) is 4.73. The van der Waals surface area contributed by atoms with E-state index in [1.165, 1.54) is 24.8 Å². The molecule has 0 aromatic carbocycles. The van der Waals surface area contributed by atoms with Crippen LogP contribution in [0.3, 0.4) is 0 Å². The normalized spacial score (nSPS) is 11.8. The second-order valence-electron chi connectivity index (χ2n) is 3.71. The Morgan fingerprint density at radius 1 is 1.42 bits per heavy atom. The van der Waals surface area contributed by atoms with Crippen molar-refractivity contribution in [3.63, 3.8) is 0 Å². The monoisotopic (exact) mass is 164 g/mol. The van der Waals surface area contributed by atoms with Crippen LogP contribution in [0.25, 0.3) is 0 Å². The highest BCUT2D eigenvalue weighted by Gasteiger charge is 1.98. The van der Waals surface area contributed by atoms with Crippen molar-refractivity contribution in [1.29, 1.82) is 0 Å². The molecule has 0 heterocycles. The van der Waals surface area contributed by atoms with E-state index in [9.17, 15) is 0 Å². The largest absolute Gasteiger partial charge is 0.120 e. The van der Waals surface area contributed by atoms with Gasteiger partial charge in [0, 0.05) is 6.42 Å². The van der Waals surface area contributed by atoms with Gasteiger partial charge in [0.05, 0.1) is 0 Å². The van der Waals surface area contributed by atoms with E-state index in [1.54, 1.807) is 0 Å². The average molecular weight is 164 g/mol. The summed E-state index contributed by atoms with van der Waals surface area (Å²) in [6.45, 7) is 6.56.